The molecule has 2 bridgehead atoms. The fraction of sp³-hybridized carbons (Fsp3) is 0.150. The lowest BCUT2D eigenvalue weighted by atomic mass is 10.0. The normalized spacial score (nSPS) is 12.4. The Morgan fingerprint density at radius 1 is 1.04 bits per heavy atom. The summed E-state index contributed by atoms with van der Waals surface area (Å²) in [6.45, 7) is 0.257. The Bertz CT molecular complexity index is 979. The molecule has 1 aliphatic carbocycles. The Balaban J connectivity index is 1.78. The summed E-state index contributed by atoms with van der Waals surface area (Å²) in [4.78, 5) is 18.8. The Kier molecular flexibility index (Phi) is 3.98. The second-order valence-corrected chi connectivity index (χ2v) is 6.45. The van der Waals surface area contributed by atoms with Crippen LogP contribution < -0.4 is 10.4 Å². The van der Waals surface area contributed by atoms with Gasteiger partial charge in [-0.05, 0) is 36.1 Å². The first-order chi connectivity index (χ1) is 12.1. The van der Waals surface area contributed by atoms with Crippen molar-refractivity contribution in [2.45, 2.75) is 19.4 Å². The van der Waals surface area contributed by atoms with E-state index in [0.717, 1.165) is 11.1 Å². The van der Waals surface area contributed by atoms with E-state index in [9.17, 15) is 9.90 Å². The standard InChI is InChI=1S/C20H16ClNO3/c21-15-8-6-14(7-9-15)18-16-10-11-17(19(16)23)22(20(18)24)25-12-13-4-2-1-3-5-13/h1-9,23H,10-12H2. The molecule has 0 saturated carbocycles. The van der Waals surface area contributed by atoms with Crippen molar-refractivity contribution in [1.82, 2.24) is 4.73 Å². The van der Waals surface area contributed by atoms with Crippen LogP contribution in [-0.2, 0) is 19.4 Å². The number of rotatable bonds is 4. The molecule has 0 fully saturated rings. The average Bonchev–Trinajstić information content (AvgIpc) is 2.92. The van der Waals surface area contributed by atoms with Gasteiger partial charge in [-0.3, -0.25) is 4.79 Å². The van der Waals surface area contributed by atoms with Gasteiger partial charge in [0.2, 0.25) is 0 Å². The van der Waals surface area contributed by atoms with Crippen LogP contribution in [0.5, 0.6) is 5.75 Å². The van der Waals surface area contributed by atoms with Crippen molar-refractivity contribution in [3.8, 4) is 16.9 Å². The monoisotopic (exact) mass is 353 g/mol. The van der Waals surface area contributed by atoms with Gasteiger partial charge in [0.1, 0.15) is 18.1 Å². The number of nitrogens with zero attached hydrogens (tertiary/aromatic N) is 1. The fourth-order valence-electron chi connectivity index (χ4n) is 3.21. The lowest BCUT2D eigenvalue weighted by Crippen LogP contribution is -2.30. The van der Waals surface area contributed by atoms with Crippen LogP contribution in [0.25, 0.3) is 11.1 Å². The highest BCUT2D eigenvalue weighted by Crippen LogP contribution is 2.36. The van der Waals surface area contributed by atoms with E-state index < -0.39 is 0 Å². The van der Waals surface area contributed by atoms with Crippen LogP contribution in [0.2, 0.25) is 5.02 Å². The summed E-state index contributed by atoms with van der Waals surface area (Å²) in [7, 11) is 0. The summed E-state index contributed by atoms with van der Waals surface area (Å²) >= 11 is 5.95. The van der Waals surface area contributed by atoms with E-state index in [-0.39, 0.29) is 17.9 Å². The van der Waals surface area contributed by atoms with Gasteiger partial charge in [0.25, 0.3) is 5.56 Å². The number of benzene rings is 2. The van der Waals surface area contributed by atoms with Crippen LogP contribution in [0.4, 0.5) is 0 Å². The van der Waals surface area contributed by atoms with Crippen molar-refractivity contribution in [2.24, 2.45) is 0 Å². The van der Waals surface area contributed by atoms with Crippen molar-refractivity contribution in [3.05, 3.63) is 86.8 Å². The zero-order valence-corrected chi connectivity index (χ0v) is 14.2. The van der Waals surface area contributed by atoms with Crippen LogP contribution in [0.3, 0.4) is 0 Å². The zero-order valence-electron chi connectivity index (χ0n) is 13.4. The van der Waals surface area contributed by atoms with E-state index in [1.807, 2.05) is 30.3 Å². The minimum atomic E-state index is -0.251. The first-order valence-electron chi connectivity index (χ1n) is 8.08. The maximum absolute atomic E-state index is 13.0. The quantitative estimate of drug-likeness (QED) is 0.779. The van der Waals surface area contributed by atoms with Crippen LogP contribution in [0, 0.1) is 0 Å². The van der Waals surface area contributed by atoms with E-state index >= 15 is 0 Å². The molecule has 4 nitrogen and oxygen atoms in total. The Hall–Kier alpha value is -2.72. The second-order valence-electron chi connectivity index (χ2n) is 6.01. The van der Waals surface area contributed by atoms with E-state index in [1.165, 1.54) is 4.73 Å². The molecule has 0 saturated heterocycles. The first-order valence-corrected chi connectivity index (χ1v) is 8.46. The van der Waals surface area contributed by atoms with Gasteiger partial charge in [-0.1, -0.05) is 54.1 Å². The van der Waals surface area contributed by atoms with E-state index in [4.69, 9.17) is 16.4 Å². The summed E-state index contributed by atoms with van der Waals surface area (Å²) in [5, 5.41) is 11.1. The predicted molar refractivity (Wildman–Crippen MR) is 96.9 cm³/mol. The fourth-order valence-corrected chi connectivity index (χ4v) is 3.34. The minimum Gasteiger partial charge on any atom is -0.506 e. The molecule has 3 aromatic rings. The van der Waals surface area contributed by atoms with Crippen LogP contribution in [0.15, 0.2) is 59.4 Å². The smallest absolute Gasteiger partial charge is 0.291 e. The molecular weight excluding hydrogens is 338 g/mol. The van der Waals surface area contributed by atoms with Crippen LogP contribution >= 0.6 is 11.6 Å². The topological polar surface area (TPSA) is 51.5 Å². The van der Waals surface area contributed by atoms with Crippen molar-refractivity contribution >= 4 is 11.6 Å². The lowest BCUT2D eigenvalue weighted by molar-refractivity contribution is 0.0825. The molecule has 5 heteroatoms. The van der Waals surface area contributed by atoms with Crippen molar-refractivity contribution in [2.75, 3.05) is 0 Å². The third-order valence-electron chi connectivity index (χ3n) is 4.45. The summed E-state index contributed by atoms with van der Waals surface area (Å²) in [5.74, 6) is 0.151. The predicted octanol–water partition coefficient (Wildman–Crippen LogP) is 3.60. The van der Waals surface area contributed by atoms with Gasteiger partial charge in [0, 0.05) is 10.6 Å². The van der Waals surface area contributed by atoms with Gasteiger partial charge >= 0.3 is 0 Å². The van der Waals surface area contributed by atoms with Gasteiger partial charge in [-0.25, -0.2) is 0 Å². The van der Waals surface area contributed by atoms with Gasteiger partial charge < -0.3 is 9.94 Å². The molecule has 1 aliphatic rings. The highest BCUT2D eigenvalue weighted by molar-refractivity contribution is 6.30. The largest absolute Gasteiger partial charge is 0.506 e. The number of hydrogen-bond acceptors (Lipinski definition) is 3. The maximum Gasteiger partial charge on any atom is 0.291 e. The van der Waals surface area contributed by atoms with Gasteiger partial charge in [0.15, 0.2) is 0 Å². The summed E-state index contributed by atoms with van der Waals surface area (Å²) < 4.78 is 1.24. The number of aromatic hydroxyl groups is 1. The van der Waals surface area contributed by atoms with E-state index in [1.54, 1.807) is 24.3 Å². The third-order valence-corrected chi connectivity index (χ3v) is 4.70. The Morgan fingerprint density at radius 2 is 1.76 bits per heavy atom. The van der Waals surface area contributed by atoms with Crippen LogP contribution in [0.1, 0.15) is 16.8 Å². The van der Waals surface area contributed by atoms with Crippen molar-refractivity contribution in [3.63, 3.8) is 0 Å². The molecule has 1 heterocycles. The van der Waals surface area contributed by atoms with Crippen LogP contribution in [-0.4, -0.2) is 9.84 Å². The van der Waals surface area contributed by atoms with Gasteiger partial charge in [-0.15, -0.1) is 4.73 Å². The van der Waals surface area contributed by atoms with Crippen molar-refractivity contribution in [1.29, 1.82) is 0 Å². The summed E-state index contributed by atoms with van der Waals surface area (Å²) in [6.07, 6.45) is 1.20. The maximum atomic E-state index is 13.0. The van der Waals surface area contributed by atoms with E-state index in [0.29, 0.717) is 34.7 Å². The van der Waals surface area contributed by atoms with Gasteiger partial charge in [0.05, 0.1) is 5.56 Å². The SMILES string of the molecule is O=c1c(-c2ccc(Cl)cc2)c2c(O)c(n1OCc1ccccc1)CC2. The first kappa shape index (κ1) is 15.8. The Morgan fingerprint density at radius 3 is 2.48 bits per heavy atom. The molecule has 0 atom stereocenters. The minimum absolute atomic E-state index is 0.151. The number of aromatic nitrogens is 1. The molecule has 4 rings (SSSR count). The molecule has 25 heavy (non-hydrogen) atoms. The number of hydrogen-bond donors (Lipinski definition) is 1. The van der Waals surface area contributed by atoms with Gasteiger partial charge in [-0.2, -0.15) is 0 Å². The number of halogens is 1. The summed E-state index contributed by atoms with van der Waals surface area (Å²) in [6, 6.07) is 16.7. The Labute approximate surface area is 149 Å². The zero-order chi connectivity index (χ0) is 17.4. The number of pyridine rings is 1. The number of fused-ring (bicyclic) bond motifs is 2. The second kappa shape index (κ2) is 6.30. The molecule has 1 aromatic heterocycles. The average molecular weight is 354 g/mol. The highest BCUT2D eigenvalue weighted by Gasteiger charge is 2.28. The molecule has 0 radical (unpaired) electrons. The molecular formula is C20H16ClNO3. The molecule has 2 aromatic carbocycles. The molecule has 0 aliphatic heterocycles. The van der Waals surface area contributed by atoms with E-state index in [2.05, 4.69) is 0 Å². The highest BCUT2D eigenvalue weighted by atomic mass is 35.5. The molecule has 126 valence electrons. The third kappa shape index (κ3) is 2.79. The molecule has 0 amide bonds. The molecule has 0 unspecified atom stereocenters. The lowest BCUT2D eigenvalue weighted by Gasteiger charge is -2.15. The van der Waals surface area contributed by atoms with Crippen molar-refractivity contribution < 1.29 is 9.94 Å². The molecule has 0 spiro atoms. The molecule has 1 N–H and O–H groups in total. The summed E-state index contributed by atoms with van der Waals surface area (Å²) in [5.41, 5.74) is 3.12.